The molecule has 34 heavy (non-hydrogen) atoms. The number of carbonyl (C=O) groups excluding carboxylic acids is 1. The van der Waals surface area contributed by atoms with Gasteiger partial charge in [-0.05, 0) is 73.5 Å². The number of thioether (sulfide) groups is 1. The molecule has 0 aliphatic rings. The highest BCUT2D eigenvalue weighted by atomic mass is 32.2. The summed E-state index contributed by atoms with van der Waals surface area (Å²) in [6.45, 7) is 3.93. The summed E-state index contributed by atoms with van der Waals surface area (Å²) in [4.78, 5) is 30.8. The standard InChI is InChI=1S/C26H20FN3O3S/c1-15-11-16(2)13-18(12-15)28-22(31)14-34-26-29-23-20-5-3-4-6-21(20)33-24(23)25(32)30(26)19-9-7-17(27)8-10-19/h3-13H,14H2,1-2H3,(H,28,31). The van der Waals surface area contributed by atoms with Crippen molar-refractivity contribution >= 4 is 45.4 Å². The maximum atomic E-state index is 13.5. The zero-order valence-electron chi connectivity index (χ0n) is 18.5. The summed E-state index contributed by atoms with van der Waals surface area (Å²) < 4.78 is 20.7. The van der Waals surface area contributed by atoms with Gasteiger partial charge in [-0.1, -0.05) is 30.0 Å². The van der Waals surface area contributed by atoms with Gasteiger partial charge >= 0.3 is 5.56 Å². The summed E-state index contributed by atoms with van der Waals surface area (Å²) in [5.41, 5.74) is 3.89. The van der Waals surface area contributed by atoms with E-state index in [9.17, 15) is 14.0 Å². The van der Waals surface area contributed by atoms with E-state index in [-0.39, 0.29) is 17.2 Å². The average molecular weight is 474 g/mol. The molecule has 0 bridgehead atoms. The van der Waals surface area contributed by atoms with Crippen LogP contribution >= 0.6 is 11.8 Å². The summed E-state index contributed by atoms with van der Waals surface area (Å²) >= 11 is 1.13. The maximum absolute atomic E-state index is 13.5. The number of rotatable bonds is 5. The van der Waals surface area contributed by atoms with Crippen LogP contribution in [0, 0.1) is 19.7 Å². The lowest BCUT2D eigenvalue weighted by atomic mass is 10.1. The van der Waals surface area contributed by atoms with E-state index >= 15 is 0 Å². The number of carbonyl (C=O) groups is 1. The molecule has 0 aliphatic heterocycles. The van der Waals surface area contributed by atoms with E-state index in [2.05, 4.69) is 10.3 Å². The highest BCUT2D eigenvalue weighted by molar-refractivity contribution is 7.99. The number of nitrogens with one attached hydrogen (secondary N) is 1. The molecule has 0 spiro atoms. The van der Waals surface area contributed by atoms with Gasteiger partial charge in [-0.25, -0.2) is 9.37 Å². The average Bonchev–Trinajstić information content (AvgIpc) is 3.17. The predicted molar refractivity (Wildman–Crippen MR) is 132 cm³/mol. The van der Waals surface area contributed by atoms with E-state index in [0.29, 0.717) is 33.0 Å². The zero-order chi connectivity index (χ0) is 23.8. The van der Waals surface area contributed by atoms with Gasteiger partial charge in [0.2, 0.25) is 11.5 Å². The summed E-state index contributed by atoms with van der Waals surface area (Å²) in [5, 5.41) is 3.92. The number of hydrogen-bond donors (Lipinski definition) is 1. The first kappa shape index (κ1) is 21.9. The lowest BCUT2D eigenvalue weighted by Gasteiger charge is -2.12. The lowest BCUT2D eigenvalue weighted by molar-refractivity contribution is -0.113. The Morgan fingerprint density at radius 3 is 2.50 bits per heavy atom. The van der Waals surface area contributed by atoms with Crippen LogP contribution in [0.4, 0.5) is 10.1 Å². The van der Waals surface area contributed by atoms with Gasteiger partial charge in [0.25, 0.3) is 0 Å². The third-order valence-corrected chi connectivity index (χ3v) is 6.23. The summed E-state index contributed by atoms with van der Waals surface area (Å²) in [5.74, 6) is -0.620. The van der Waals surface area contributed by atoms with E-state index in [4.69, 9.17) is 4.42 Å². The Kier molecular flexibility index (Phi) is 5.67. The third kappa shape index (κ3) is 4.20. The van der Waals surface area contributed by atoms with Crippen LogP contribution in [0.25, 0.3) is 27.8 Å². The van der Waals surface area contributed by atoms with E-state index in [0.717, 1.165) is 22.9 Å². The van der Waals surface area contributed by atoms with Crippen molar-refractivity contribution < 1.29 is 13.6 Å². The maximum Gasteiger partial charge on any atom is 0.302 e. The number of amides is 1. The first-order valence-electron chi connectivity index (χ1n) is 10.6. The number of aromatic nitrogens is 2. The van der Waals surface area contributed by atoms with Crippen LogP contribution in [0.3, 0.4) is 0 Å². The number of benzene rings is 3. The monoisotopic (exact) mass is 473 g/mol. The summed E-state index contributed by atoms with van der Waals surface area (Å²) in [6, 6.07) is 18.6. The van der Waals surface area contributed by atoms with Crippen molar-refractivity contribution in [1.29, 1.82) is 0 Å². The van der Waals surface area contributed by atoms with Gasteiger partial charge in [0.15, 0.2) is 5.16 Å². The van der Waals surface area contributed by atoms with E-state index in [1.54, 1.807) is 6.07 Å². The molecule has 5 rings (SSSR count). The number of furan rings is 1. The third-order valence-electron chi connectivity index (χ3n) is 5.29. The van der Waals surface area contributed by atoms with Crippen molar-refractivity contribution in [3.8, 4) is 5.69 Å². The molecule has 2 heterocycles. The fraction of sp³-hybridized carbons (Fsp3) is 0.115. The van der Waals surface area contributed by atoms with Crippen LogP contribution in [0.2, 0.25) is 0 Å². The second kappa shape index (κ2) is 8.79. The Morgan fingerprint density at radius 2 is 1.76 bits per heavy atom. The normalized spacial score (nSPS) is 11.3. The number of aryl methyl sites for hydroxylation is 2. The first-order valence-corrected chi connectivity index (χ1v) is 11.6. The quantitative estimate of drug-likeness (QED) is 0.265. The molecule has 2 aromatic heterocycles. The highest BCUT2D eigenvalue weighted by Crippen LogP contribution is 2.28. The number of anilines is 1. The minimum atomic E-state index is -0.426. The number of fused-ring (bicyclic) bond motifs is 3. The SMILES string of the molecule is Cc1cc(C)cc(NC(=O)CSc2nc3c(oc4ccccc43)c(=O)n2-c2ccc(F)cc2)c1. The Labute approximate surface area is 198 Å². The van der Waals surface area contributed by atoms with Gasteiger partial charge in [0, 0.05) is 11.1 Å². The lowest BCUT2D eigenvalue weighted by Crippen LogP contribution is -2.22. The second-order valence-corrected chi connectivity index (χ2v) is 8.94. The van der Waals surface area contributed by atoms with Crippen molar-refractivity contribution in [2.75, 3.05) is 11.1 Å². The van der Waals surface area contributed by atoms with Crippen LogP contribution in [-0.2, 0) is 4.79 Å². The summed E-state index contributed by atoms with van der Waals surface area (Å²) in [6.07, 6.45) is 0. The van der Waals surface area contributed by atoms with Crippen molar-refractivity contribution in [2.45, 2.75) is 19.0 Å². The second-order valence-electron chi connectivity index (χ2n) is 8.00. The van der Waals surface area contributed by atoms with Gasteiger partial charge < -0.3 is 9.73 Å². The van der Waals surface area contributed by atoms with E-state index in [1.165, 1.54) is 28.8 Å². The molecule has 6 nitrogen and oxygen atoms in total. The Morgan fingerprint density at radius 1 is 1.06 bits per heavy atom. The van der Waals surface area contributed by atoms with Gasteiger partial charge in [-0.3, -0.25) is 14.2 Å². The fourth-order valence-corrected chi connectivity index (χ4v) is 4.72. The molecule has 0 radical (unpaired) electrons. The molecule has 0 unspecified atom stereocenters. The molecule has 8 heteroatoms. The fourth-order valence-electron chi connectivity index (χ4n) is 3.91. The molecule has 0 saturated heterocycles. The van der Waals surface area contributed by atoms with Crippen LogP contribution in [0.15, 0.2) is 81.1 Å². The molecular weight excluding hydrogens is 453 g/mol. The molecule has 0 fully saturated rings. The summed E-state index contributed by atoms with van der Waals surface area (Å²) in [7, 11) is 0. The van der Waals surface area contributed by atoms with Crippen molar-refractivity contribution in [2.24, 2.45) is 0 Å². The number of para-hydroxylation sites is 1. The molecule has 1 amide bonds. The number of nitrogens with zero attached hydrogens (tertiary/aromatic N) is 2. The minimum Gasteiger partial charge on any atom is -0.448 e. The molecule has 0 saturated carbocycles. The molecule has 170 valence electrons. The van der Waals surface area contributed by atoms with Crippen molar-refractivity contribution in [1.82, 2.24) is 9.55 Å². The predicted octanol–water partition coefficient (Wildman–Crippen LogP) is 5.62. The molecule has 3 aromatic carbocycles. The van der Waals surface area contributed by atoms with Gasteiger partial charge in [0.1, 0.15) is 16.9 Å². The Bertz CT molecular complexity index is 1590. The van der Waals surface area contributed by atoms with Gasteiger partial charge in [0.05, 0.1) is 11.4 Å². The van der Waals surface area contributed by atoms with Crippen LogP contribution in [-0.4, -0.2) is 21.2 Å². The van der Waals surface area contributed by atoms with E-state index in [1.807, 2.05) is 50.2 Å². The molecule has 0 aliphatic carbocycles. The zero-order valence-corrected chi connectivity index (χ0v) is 19.3. The highest BCUT2D eigenvalue weighted by Gasteiger charge is 2.20. The molecule has 5 aromatic rings. The molecule has 0 atom stereocenters. The van der Waals surface area contributed by atoms with E-state index < -0.39 is 11.4 Å². The largest absolute Gasteiger partial charge is 0.448 e. The van der Waals surface area contributed by atoms with Gasteiger partial charge in [-0.2, -0.15) is 0 Å². The van der Waals surface area contributed by atoms with Crippen LogP contribution in [0.1, 0.15) is 11.1 Å². The van der Waals surface area contributed by atoms with Crippen LogP contribution < -0.4 is 10.9 Å². The van der Waals surface area contributed by atoms with Gasteiger partial charge in [-0.15, -0.1) is 0 Å². The minimum absolute atomic E-state index is 0.0297. The smallest absolute Gasteiger partial charge is 0.302 e. The van der Waals surface area contributed by atoms with Crippen LogP contribution in [0.5, 0.6) is 0 Å². The Hall–Kier alpha value is -3.91. The van der Waals surface area contributed by atoms with Crippen molar-refractivity contribution in [3.63, 3.8) is 0 Å². The van der Waals surface area contributed by atoms with Crippen molar-refractivity contribution in [3.05, 3.63) is 94.0 Å². The Balaban J connectivity index is 1.54. The molecular formula is C26H20FN3O3S. The topological polar surface area (TPSA) is 77.1 Å². The molecule has 1 N–H and O–H groups in total. The number of hydrogen-bond acceptors (Lipinski definition) is 5. The first-order chi connectivity index (χ1) is 16.4. The number of halogens is 1.